The van der Waals surface area contributed by atoms with Crippen LogP contribution in [0.1, 0.15) is 55.0 Å². The molecule has 3 heterocycles. The van der Waals surface area contributed by atoms with Crippen molar-refractivity contribution in [3.05, 3.63) is 47.0 Å². The zero-order chi connectivity index (χ0) is 17.6. The molecule has 7 heteroatoms. The first-order valence-electron chi connectivity index (χ1n) is 8.53. The third kappa shape index (κ3) is 2.91. The van der Waals surface area contributed by atoms with Crippen molar-refractivity contribution in [3.63, 3.8) is 0 Å². The summed E-state index contributed by atoms with van der Waals surface area (Å²) in [6.45, 7) is 4.81. The van der Waals surface area contributed by atoms with E-state index in [1.54, 1.807) is 6.20 Å². The molecule has 1 amide bonds. The molecule has 130 valence electrons. The molecule has 0 unspecified atom stereocenters. The van der Waals surface area contributed by atoms with Crippen LogP contribution in [-0.4, -0.2) is 37.1 Å². The second-order valence-electron chi connectivity index (χ2n) is 6.74. The summed E-state index contributed by atoms with van der Waals surface area (Å²) in [5.41, 5.74) is 2.39. The Morgan fingerprint density at radius 1 is 1.40 bits per heavy atom. The van der Waals surface area contributed by atoms with Gasteiger partial charge in [0, 0.05) is 23.8 Å². The van der Waals surface area contributed by atoms with Crippen molar-refractivity contribution in [1.82, 2.24) is 24.6 Å². The largest absolute Gasteiger partial charge is 0.340 e. The van der Waals surface area contributed by atoms with E-state index in [9.17, 15) is 4.79 Å². The molecule has 1 aliphatic rings. The molecule has 0 radical (unpaired) electrons. The Balaban J connectivity index is 1.63. The lowest BCUT2D eigenvalue weighted by Gasteiger charge is -2.22. The summed E-state index contributed by atoms with van der Waals surface area (Å²) in [6, 6.07) is 5.77. The van der Waals surface area contributed by atoms with Crippen molar-refractivity contribution in [3.8, 4) is 0 Å². The van der Waals surface area contributed by atoms with Crippen LogP contribution in [0, 0.1) is 0 Å². The Hall–Kier alpha value is -2.34. The van der Waals surface area contributed by atoms with Crippen LogP contribution in [0.2, 0.25) is 5.02 Å². The number of nitrogens with one attached hydrogen (secondary N) is 1. The highest BCUT2D eigenvalue weighted by Gasteiger charge is 2.33. The lowest BCUT2D eigenvalue weighted by atomic mass is 10.2. The maximum Gasteiger partial charge on any atom is 0.257 e. The van der Waals surface area contributed by atoms with Crippen LogP contribution >= 0.6 is 11.6 Å². The summed E-state index contributed by atoms with van der Waals surface area (Å²) in [6.07, 6.45) is 5.33. The number of halogens is 1. The first-order chi connectivity index (χ1) is 12.0. The van der Waals surface area contributed by atoms with Crippen LogP contribution in [-0.2, 0) is 0 Å². The van der Waals surface area contributed by atoms with E-state index in [2.05, 4.69) is 15.1 Å². The number of carbonyl (C=O) groups excluding carboxylic acids is 1. The quantitative estimate of drug-likeness (QED) is 0.771. The van der Waals surface area contributed by atoms with Gasteiger partial charge in [0.05, 0.1) is 28.8 Å². The topological polar surface area (TPSA) is 66.8 Å². The van der Waals surface area contributed by atoms with Crippen LogP contribution < -0.4 is 0 Å². The highest BCUT2D eigenvalue weighted by Crippen LogP contribution is 2.33. The minimum absolute atomic E-state index is 0.00730. The number of nitrogens with zero attached hydrogens (tertiary/aromatic N) is 4. The van der Waals surface area contributed by atoms with Gasteiger partial charge in [-0.3, -0.25) is 9.48 Å². The van der Waals surface area contributed by atoms with E-state index in [4.69, 9.17) is 11.6 Å². The molecule has 0 spiro atoms. The average molecular weight is 358 g/mol. The molecule has 0 aliphatic carbocycles. The van der Waals surface area contributed by atoms with Gasteiger partial charge in [-0.2, -0.15) is 5.10 Å². The van der Waals surface area contributed by atoms with E-state index >= 15 is 0 Å². The molecule has 0 saturated carbocycles. The van der Waals surface area contributed by atoms with E-state index in [0.29, 0.717) is 10.6 Å². The molecule has 1 atom stereocenters. The lowest BCUT2D eigenvalue weighted by Crippen LogP contribution is -2.30. The summed E-state index contributed by atoms with van der Waals surface area (Å²) in [5.74, 6) is 0.826. The summed E-state index contributed by atoms with van der Waals surface area (Å²) in [7, 11) is 0. The monoisotopic (exact) mass is 357 g/mol. The zero-order valence-corrected chi connectivity index (χ0v) is 15.0. The number of carbonyl (C=O) groups is 1. The zero-order valence-electron chi connectivity index (χ0n) is 14.2. The second kappa shape index (κ2) is 6.19. The van der Waals surface area contributed by atoms with Crippen molar-refractivity contribution in [2.45, 2.75) is 38.8 Å². The van der Waals surface area contributed by atoms with E-state index in [1.165, 1.54) is 0 Å². The van der Waals surface area contributed by atoms with Gasteiger partial charge in [-0.25, -0.2) is 4.98 Å². The van der Waals surface area contributed by atoms with Gasteiger partial charge in [0.25, 0.3) is 5.91 Å². The van der Waals surface area contributed by atoms with Crippen LogP contribution in [0.5, 0.6) is 0 Å². The van der Waals surface area contributed by atoms with E-state index in [1.807, 2.05) is 47.8 Å². The molecule has 0 bridgehead atoms. The Kier molecular flexibility index (Phi) is 4.00. The second-order valence-corrected chi connectivity index (χ2v) is 7.18. The SMILES string of the molecule is CC(C)n1cc(C(=O)N2CCC[C@H]2c2nc3ccc(Cl)cc3[nH]2)cn1. The van der Waals surface area contributed by atoms with Crippen molar-refractivity contribution in [1.29, 1.82) is 0 Å². The van der Waals surface area contributed by atoms with Crippen molar-refractivity contribution < 1.29 is 4.79 Å². The van der Waals surface area contributed by atoms with Crippen LogP contribution in [0.25, 0.3) is 11.0 Å². The molecule has 1 aliphatic heterocycles. The number of aromatic nitrogens is 4. The summed E-state index contributed by atoms with van der Waals surface area (Å²) < 4.78 is 1.81. The van der Waals surface area contributed by atoms with Crippen LogP contribution in [0.4, 0.5) is 0 Å². The molecule has 3 aromatic rings. The average Bonchev–Trinajstić information content (AvgIpc) is 3.31. The highest BCUT2D eigenvalue weighted by atomic mass is 35.5. The fraction of sp³-hybridized carbons (Fsp3) is 0.389. The molecular weight excluding hydrogens is 338 g/mol. The van der Waals surface area contributed by atoms with Crippen LogP contribution in [0.3, 0.4) is 0 Å². The number of likely N-dealkylation sites (tertiary alicyclic amines) is 1. The molecule has 1 saturated heterocycles. The summed E-state index contributed by atoms with van der Waals surface area (Å²) in [5, 5.41) is 4.95. The number of amides is 1. The maximum atomic E-state index is 12.9. The van der Waals surface area contributed by atoms with Gasteiger partial charge in [0.2, 0.25) is 0 Å². The number of hydrogen-bond acceptors (Lipinski definition) is 3. The number of benzene rings is 1. The van der Waals surface area contributed by atoms with Crippen molar-refractivity contribution in [2.24, 2.45) is 0 Å². The third-order valence-electron chi connectivity index (χ3n) is 4.67. The first kappa shape index (κ1) is 16.1. The fourth-order valence-corrected chi connectivity index (χ4v) is 3.52. The van der Waals surface area contributed by atoms with Gasteiger partial charge in [0.1, 0.15) is 5.82 Å². The van der Waals surface area contributed by atoms with E-state index < -0.39 is 0 Å². The molecule has 4 rings (SSSR count). The number of fused-ring (bicyclic) bond motifs is 1. The Bertz CT molecular complexity index is 929. The molecule has 1 N–H and O–H groups in total. The van der Waals surface area contributed by atoms with Gasteiger partial charge >= 0.3 is 0 Å². The normalized spacial score (nSPS) is 17.8. The number of H-pyrrole nitrogens is 1. The van der Waals surface area contributed by atoms with E-state index in [0.717, 1.165) is 36.2 Å². The predicted molar refractivity (Wildman–Crippen MR) is 96.7 cm³/mol. The molecule has 2 aromatic heterocycles. The highest BCUT2D eigenvalue weighted by molar-refractivity contribution is 6.31. The third-order valence-corrected chi connectivity index (χ3v) is 4.90. The van der Waals surface area contributed by atoms with Gasteiger partial charge in [-0.1, -0.05) is 11.6 Å². The molecule has 1 aromatic carbocycles. The standard InChI is InChI=1S/C18H20ClN5O/c1-11(2)24-10-12(9-20-24)18(25)23-7-3-4-16(23)17-21-14-6-5-13(19)8-15(14)22-17/h5-6,8-11,16H,3-4,7H2,1-2H3,(H,21,22)/t16-/m0/s1. The Morgan fingerprint density at radius 3 is 3.00 bits per heavy atom. The number of hydrogen-bond donors (Lipinski definition) is 1. The minimum atomic E-state index is -0.0407. The number of imidazole rings is 1. The smallest absolute Gasteiger partial charge is 0.257 e. The predicted octanol–water partition coefficient (Wildman–Crippen LogP) is 3.97. The Labute approximate surface area is 150 Å². The van der Waals surface area contributed by atoms with Crippen molar-refractivity contribution in [2.75, 3.05) is 6.54 Å². The molecule has 1 fully saturated rings. The molecular formula is C18H20ClN5O. The van der Waals surface area contributed by atoms with E-state index in [-0.39, 0.29) is 18.0 Å². The summed E-state index contributed by atoms with van der Waals surface area (Å²) in [4.78, 5) is 22.8. The maximum absolute atomic E-state index is 12.9. The van der Waals surface area contributed by atoms with Crippen molar-refractivity contribution >= 4 is 28.5 Å². The lowest BCUT2D eigenvalue weighted by molar-refractivity contribution is 0.0730. The number of aromatic amines is 1. The number of rotatable bonds is 3. The van der Waals surface area contributed by atoms with Crippen LogP contribution in [0.15, 0.2) is 30.6 Å². The molecule has 25 heavy (non-hydrogen) atoms. The van der Waals surface area contributed by atoms with Gasteiger partial charge < -0.3 is 9.88 Å². The molecule has 6 nitrogen and oxygen atoms in total. The van der Waals surface area contributed by atoms with Gasteiger partial charge in [-0.05, 0) is 44.9 Å². The minimum Gasteiger partial charge on any atom is -0.340 e. The first-order valence-corrected chi connectivity index (χ1v) is 8.91. The van der Waals surface area contributed by atoms with Gasteiger partial charge in [0.15, 0.2) is 0 Å². The van der Waals surface area contributed by atoms with Gasteiger partial charge in [-0.15, -0.1) is 0 Å². The summed E-state index contributed by atoms with van der Waals surface area (Å²) >= 11 is 6.05. The Morgan fingerprint density at radius 2 is 2.24 bits per heavy atom. The fourth-order valence-electron chi connectivity index (χ4n) is 3.35.